The second-order valence-electron chi connectivity index (χ2n) is 9.05. The van der Waals surface area contributed by atoms with E-state index in [1.807, 2.05) is 0 Å². The van der Waals surface area contributed by atoms with Crippen LogP contribution in [0.25, 0.3) is 0 Å². The van der Waals surface area contributed by atoms with Crippen LogP contribution < -0.4 is 0 Å². The molecular weight excluding hydrogens is 332 g/mol. The van der Waals surface area contributed by atoms with E-state index in [9.17, 15) is 19.8 Å². The highest BCUT2D eigenvalue weighted by atomic mass is 16.5. The van der Waals surface area contributed by atoms with Gasteiger partial charge in [-0.25, -0.2) is 4.79 Å². The summed E-state index contributed by atoms with van der Waals surface area (Å²) in [7, 11) is 1.53. The van der Waals surface area contributed by atoms with Crippen LogP contribution >= 0.6 is 0 Å². The molecule has 4 aliphatic carbocycles. The maximum atomic E-state index is 12.1. The molecule has 5 heteroatoms. The molecule has 6 atom stereocenters. The fraction of sp³-hybridized carbons (Fsp3) is 0.714. The highest BCUT2D eigenvalue weighted by molar-refractivity contribution is 6.01. The molecule has 0 bridgehead atoms. The second kappa shape index (κ2) is 5.44. The standard InChI is InChI=1S/C21H28O5/c1-19-8-6-16-14(15(19)7-9-21(19,26-3)18(24)25)5-4-12-10-13(22)11-17(23)20(12,16)2/h10-11,14-16,23H,4-9H2,1-3H3,(H,24,25)/t14-,15-,16-,19-,20-,21-/m0/s1. The lowest BCUT2D eigenvalue weighted by molar-refractivity contribution is -0.188. The molecular formula is C21H28O5. The summed E-state index contributed by atoms with van der Waals surface area (Å²) in [5.41, 5.74) is -0.947. The van der Waals surface area contributed by atoms with Gasteiger partial charge < -0.3 is 14.9 Å². The van der Waals surface area contributed by atoms with Crippen LogP contribution in [0.15, 0.2) is 23.5 Å². The minimum absolute atomic E-state index is 0.126. The van der Waals surface area contributed by atoms with Gasteiger partial charge in [0.15, 0.2) is 11.4 Å². The van der Waals surface area contributed by atoms with Crippen molar-refractivity contribution in [3.8, 4) is 0 Å². The summed E-state index contributed by atoms with van der Waals surface area (Å²) in [5, 5.41) is 20.6. The van der Waals surface area contributed by atoms with Gasteiger partial charge in [0.25, 0.3) is 0 Å². The Morgan fingerprint density at radius 3 is 2.50 bits per heavy atom. The van der Waals surface area contributed by atoms with Gasteiger partial charge in [-0.05, 0) is 69.3 Å². The van der Waals surface area contributed by atoms with Crippen molar-refractivity contribution in [3.63, 3.8) is 0 Å². The van der Waals surface area contributed by atoms with Crippen molar-refractivity contribution in [3.05, 3.63) is 23.5 Å². The summed E-state index contributed by atoms with van der Waals surface area (Å²) < 4.78 is 5.66. The fourth-order valence-corrected chi connectivity index (χ4v) is 7.07. The number of ketones is 1. The molecule has 3 saturated carbocycles. The normalized spacial score (nSPS) is 47.3. The van der Waals surface area contributed by atoms with E-state index in [4.69, 9.17) is 4.74 Å². The van der Waals surface area contributed by atoms with Gasteiger partial charge >= 0.3 is 5.97 Å². The molecule has 0 saturated heterocycles. The number of aliphatic hydroxyl groups excluding tert-OH is 1. The van der Waals surface area contributed by atoms with Gasteiger partial charge in [-0.1, -0.05) is 12.5 Å². The number of hydrogen-bond acceptors (Lipinski definition) is 4. The summed E-state index contributed by atoms with van der Waals surface area (Å²) >= 11 is 0. The van der Waals surface area contributed by atoms with Gasteiger partial charge in [0.2, 0.25) is 0 Å². The zero-order valence-electron chi connectivity index (χ0n) is 15.7. The fourth-order valence-electron chi connectivity index (χ4n) is 7.07. The third-order valence-electron chi connectivity index (χ3n) is 8.53. The smallest absolute Gasteiger partial charge is 0.336 e. The summed E-state index contributed by atoms with van der Waals surface area (Å²) in [4.78, 5) is 24.0. The molecule has 3 fully saturated rings. The molecule has 142 valence electrons. The van der Waals surface area contributed by atoms with Crippen LogP contribution in [0.5, 0.6) is 0 Å². The van der Waals surface area contributed by atoms with Crippen molar-refractivity contribution in [1.29, 1.82) is 0 Å². The molecule has 0 radical (unpaired) electrons. The number of allylic oxidation sites excluding steroid dienone is 3. The SMILES string of the molecule is CO[C@]1(C(=O)O)CC[C@H]2[C@@H]3CCC4=CC(=O)C=C(O)[C@]4(C)[C@H]3CC[C@@]21C. The number of carboxylic acid groups (broad SMARTS) is 1. The highest BCUT2D eigenvalue weighted by Gasteiger charge is 2.68. The lowest BCUT2D eigenvalue weighted by Gasteiger charge is -2.58. The average molecular weight is 360 g/mol. The maximum Gasteiger partial charge on any atom is 0.336 e. The van der Waals surface area contributed by atoms with Crippen molar-refractivity contribution in [2.75, 3.05) is 7.11 Å². The van der Waals surface area contributed by atoms with E-state index in [1.165, 1.54) is 13.2 Å². The summed E-state index contributed by atoms with van der Waals surface area (Å²) in [6.07, 6.45) is 7.81. The Labute approximate surface area is 154 Å². The number of carbonyl (C=O) groups excluding carboxylic acids is 1. The van der Waals surface area contributed by atoms with E-state index in [0.29, 0.717) is 12.3 Å². The van der Waals surface area contributed by atoms with Crippen LogP contribution in [0, 0.1) is 28.6 Å². The lowest BCUT2D eigenvalue weighted by Crippen LogP contribution is -2.58. The van der Waals surface area contributed by atoms with Gasteiger partial charge in [-0.3, -0.25) is 4.79 Å². The number of aliphatic carboxylic acids is 1. The Hall–Kier alpha value is -1.62. The van der Waals surface area contributed by atoms with Gasteiger partial charge in [-0.2, -0.15) is 0 Å². The maximum absolute atomic E-state index is 12.1. The van der Waals surface area contributed by atoms with E-state index in [-0.39, 0.29) is 23.4 Å². The number of rotatable bonds is 2. The van der Waals surface area contributed by atoms with Crippen molar-refractivity contribution in [2.45, 2.75) is 58.0 Å². The van der Waals surface area contributed by atoms with Crippen molar-refractivity contribution >= 4 is 11.8 Å². The van der Waals surface area contributed by atoms with Crippen LogP contribution in [0.1, 0.15) is 52.4 Å². The van der Waals surface area contributed by atoms with Gasteiger partial charge in [-0.15, -0.1) is 0 Å². The van der Waals surface area contributed by atoms with Crippen molar-refractivity contribution in [1.82, 2.24) is 0 Å². The zero-order valence-corrected chi connectivity index (χ0v) is 15.7. The quantitative estimate of drug-likeness (QED) is 0.785. The Morgan fingerprint density at radius 2 is 1.85 bits per heavy atom. The average Bonchev–Trinajstić information content (AvgIpc) is 2.89. The number of carbonyl (C=O) groups is 2. The molecule has 4 aliphatic rings. The number of carboxylic acids is 1. The number of fused-ring (bicyclic) bond motifs is 5. The second-order valence-corrected chi connectivity index (χ2v) is 9.05. The molecule has 0 aromatic heterocycles. The molecule has 0 aromatic carbocycles. The molecule has 0 spiro atoms. The van der Waals surface area contributed by atoms with Crippen LogP contribution in [-0.2, 0) is 14.3 Å². The molecule has 0 unspecified atom stereocenters. The molecule has 4 rings (SSSR count). The monoisotopic (exact) mass is 360 g/mol. The number of hydrogen-bond donors (Lipinski definition) is 2. The van der Waals surface area contributed by atoms with Crippen LogP contribution in [-0.4, -0.2) is 34.7 Å². The Morgan fingerprint density at radius 1 is 1.15 bits per heavy atom. The first-order valence-electron chi connectivity index (χ1n) is 9.65. The molecule has 2 N–H and O–H groups in total. The first-order chi connectivity index (χ1) is 12.2. The largest absolute Gasteiger partial charge is 0.511 e. The van der Waals surface area contributed by atoms with Crippen LogP contribution in [0.2, 0.25) is 0 Å². The third-order valence-corrected chi connectivity index (χ3v) is 8.53. The Balaban J connectivity index is 1.74. The molecule has 0 aromatic rings. The van der Waals surface area contributed by atoms with Gasteiger partial charge in [0, 0.05) is 24.0 Å². The summed E-state index contributed by atoms with van der Waals surface area (Å²) in [6, 6.07) is 0. The first-order valence-corrected chi connectivity index (χ1v) is 9.65. The predicted molar refractivity (Wildman–Crippen MR) is 95.6 cm³/mol. The van der Waals surface area contributed by atoms with Crippen LogP contribution in [0.4, 0.5) is 0 Å². The topological polar surface area (TPSA) is 83.8 Å². The first kappa shape index (κ1) is 17.8. The highest BCUT2D eigenvalue weighted by Crippen LogP contribution is 2.68. The minimum Gasteiger partial charge on any atom is -0.511 e. The van der Waals surface area contributed by atoms with Crippen molar-refractivity contribution in [2.24, 2.45) is 28.6 Å². The van der Waals surface area contributed by atoms with E-state index in [1.54, 1.807) is 6.08 Å². The molecule has 0 aliphatic heterocycles. The van der Waals surface area contributed by atoms with Crippen LogP contribution in [0.3, 0.4) is 0 Å². The number of ether oxygens (including phenoxy) is 1. The molecule has 26 heavy (non-hydrogen) atoms. The third kappa shape index (κ3) is 1.90. The lowest BCUT2D eigenvalue weighted by atomic mass is 9.47. The predicted octanol–water partition coefficient (Wildman–Crippen LogP) is 3.65. The van der Waals surface area contributed by atoms with E-state index < -0.39 is 22.4 Å². The Kier molecular flexibility index (Phi) is 3.72. The van der Waals surface area contributed by atoms with E-state index in [0.717, 1.165) is 37.7 Å². The Bertz CT molecular complexity index is 737. The molecule has 0 heterocycles. The number of aliphatic hydroxyl groups is 1. The zero-order chi connectivity index (χ0) is 18.9. The number of methoxy groups -OCH3 is 1. The summed E-state index contributed by atoms with van der Waals surface area (Å²) in [6.45, 7) is 4.15. The van der Waals surface area contributed by atoms with Crippen molar-refractivity contribution < 1.29 is 24.5 Å². The minimum atomic E-state index is -1.11. The van der Waals surface area contributed by atoms with E-state index >= 15 is 0 Å². The molecule has 0 amide bonds. The van der Waals surface area contributed by atoms with Gasteiger partial charge in [0.1, 0.15) is 5.76 Å². The van der Waals surface area contributed by atoms with E-state index in [2.05, 4.69) is 13.8 Å². The summed E-state index contributed by atoms with van der Waals surface area (Å²) in [5.74, 6) is 0.0623. The van der Waals surface area contributed by atoms with Gasteiger partial charge in [0.05, 0.1) is 0 Å². The molecule has 5 nitrogen and oxygen atoms in total.